The summed E-state index contributed by atoms with van der Waals surface area (Å²) in [6, 6.07) is 0.594. The first-order valence-electron chi connectivity index (χ1n) is 6.15. The van der Waals surface area contributed by atoms with Gasteiger partial charge in [-0.2, -0.15) is 4.37 Å². The molecule has 0 amide bonds. The highest BCUT2D eigenvalue weighted by Crippen LogP contribution is 2.22. The molecule has 90 valence electrons. The minimum absolute atomic E-state index is 0.594. The van der Waals surface area contributed by atoms with Crippen molar-refractivity contribution in [2.24, 2.45) is 0 Å². The van der Waals surface area contributed by atoms with Gasteiger partial charge in [-0.25, -0.2) is 4.98 Å². The van der Waals surface area contributed by atoms with E-state index >= 15 is 0 Å². The zero-order chi connectivity index (χ0) is 11.4. The van der Waals surface area contributed by atoms with Crippen LogP contribution in [0.25, 0.3) is 0 Å². The summed E-state index contributed by atoms with van der Waals surface area (Å²) >= 11 is 1.54. The van der Waals surface area contributed by atoms with Gasteiger partial charge in [-0.3, -0.25) is 0 Å². The van der Waals surface area contributed by atoms with Crippen LogP contribution in [0.15, 0.2) is 0 Å². The lowest BCUT2D eigenvalue weighted by molar-refractivity contribution is 0.435. The van der Waals surface area contributed by atoms with E-state index in [-0.39, 0.29) is 0 Å². The van der Waals surface area contributed by atoms with Gasteiger partial charge in [-0.1, -0.05) is 6.92 Å². The molecule has 4 nitrogen and oxygen atoms in total. The highest BCUT2D eigenvalue weighted by Gasteiger charge is 2.22. The van der Waals surface area contributed by atoms with Crippen molar-refractivity contribution in [2.75, 3.05) is 24.5 Å². The van der Waals surface area contributed by atoms with Crippen molar-refractivity contribution in [3.8, 4) is 0 Å². The maximum Gasteiger partial charge on any atom is 0.205 e. The minimum atomic E-state index is 0.594. The number of aromatic nitrogens is 2. The molecule has 1 saturated heterocycles. The Morgan fingerprint density at radius 3 is 2.94 bits per heavy atom. The summed E-state index contributed by atoms with van der Waals surface area (Å²) in [4.78, 5) is 6.97. The third-order valence-corrected chi connectivity index (χ3v) is 3.86. The summed E-state index contributed by atoms with van der Waals surface area (Å²) in [5.41, 5.74) is 0. The highest BCUT2D eigenvalue weighted by molar-refractivity contribution is 7.09. The third-order valence-electron chi connectivity index (χ3n) is 3.07. The molecular formula is C11H20N4S. The van der Waals surface area contributed by atoms with E-state index < -0.39 is 0 Å². The lowest BCUT2D eigenvalue weighted by Crippen LogP contribution is -2.46. The SMILES string of the molecule is CCc1nsc(N(CC)C2CCCNC2)n1. The number of aryl methyl sites for hydroxylation is 1. The largest absolute Gasteiger partial charge is 0.343 e. The fraction of sp³-hybridized carbons (Fsp3) is 0.818. The molecule has 1 atom stereocenters. The van der Waals surface area contributed by atoms with Gasteiger partial charge in [0.1, 0.15) is 5.82 Å². The Labute approximate surface area is 101 Å². The molecule has 2 heterocycles. The van der Waals surface area contributed by atoms with E-state index in [1.54, 1.807) is 0 Å². The lowest BCUT2D eigenvalue weighted by Gasteiger charge is -2.33. The molecule has 1 aliphatic heterocycles. The van der Waals surface area contributed by atoms with Crippen LogP contribution < -0.4 is 10.2 Å². The number of anilines is 1. The van der Waals surface area contributed by atoms with Gasteiger partial charge in [0.25, 0.3) is 0 Å². The van der Waals surface area contributed by atoms with Crippen LogP contribution in [-0.4, -0.2) is 35.0 Å². The molecule has 1 aromatic heterocycles. The zero-order valence-electron chi connectivity index (χ0n) is 10.1. The first-order chi connectivity index (χ1) is 7.85. The van der Waals surface area contributed by atoms with Crippen LogP contribution in [-0.2, 0) is 6.42 Å². The third kappa shape index (κ3) is 2.52. The van der Waals surface area contributed by atoms with E-state index in [1.807, 2.05) is 0 Å². The molecule has 0 spiro atoms. The van der Waals surface area contributed by atoms with Crippen LogP contribution in [0, 0.1) is 0 Å². The molecule has 1 N–H and O–H groups in total. The molecule has 1 fully saturated rings. The van der Waals surface area contributed by atoms with Crippen molar-refractivity contribution in [2.45, 2.75) is 39.2 Å². The van der Waals surface area contributed by atoms with Gasteiger partial charge in [0, 0.05) is 37.1 Å². The first-order valence-corrected chi connectivity index (χ1v) is 6.92. The topological polar surface area (TPSA) is 41.1 Å². The van der Waals surface area contributed by atoms with Gasteiger partial charge >= 0.3 is 0 Å². The number of nitrogens with zero attached hydrogens (tertiary/aromatic N) is 3. The fourth-order valence-electron chi connectivity index (χ4n) is 2.15. The maximum atomic E-state index is 4.58. The summed E-state index contributed by atoms with van der Waals surface area (Å²) in [6.45, 7) is 7.55. The molecule has 0 aromatic carbocycles. The number of hydrogen-bond acceptors (Lipinski definition) is 5. The average molecular weight is 240 g/mol. The Kier molecular flexibility index (Phi) is 4.12. The van der Waals surface area contributed by atoms with Crippen molar-refractivity contribution in [1.82, 2.24) is 14.7 Å². The number of nitrogens with one attached hydrogen (secondary N) is 1. The van der Waals surface area contributed by atoms with Crippen molar-refractivity contribution < 1.29 is 0 Å². The molecule has 1 aromatic rings. The van der Waals surface area contributed by atoms with Gasteiger partial charge in [-0.05, 0) is 26.3 Å². The Morgan fingerprint density at radius 2 is 2.38 bits per heavy atom. The summed E-state index contributed by atoms with van der Waals surface area (Å²) in [5.74, 6) is 0.974. The van der Waals surface area contributed by atoms with Crippen molar-refractivity contribution in [1.29, 1.82) is 0 Å². The van der Waals surface area contributed by atoms with Crippen molar-refractivity contribution in [3.63, 3.8) is 0 Å². The Morgan fingerprint density at radius 1 is 1.50 bits per heavy atom. The summed E-state index contributed by atoms with van der Waals surface area (Å²) < 4.78 is 4.37. The molecule has 0 radical (unpaired) electrons. The maximum absolute atomic E-state index is 4.58. The normalized spacial score (nSPS) is 21.0. The summed E-state index contributed by atoms with van der Waals surface area (Å²) in [5, 5.41) is 4.55. The molecular weight excluding hydrogens is 220 g/mol. The van der Waals surface area contributed by atoms with Crippen LogP contribution in [0.1, 0.15) is 32.5 Å². The quantitative estimate of drug-likeness (QED) is 0.869. The van der Waals surface area contributed by atoms with Gasteiger partial charge < -0.3 is 10.2 Å². The van der Waals surface area contributed by atoms with Gasteiger partial charge in [0.05, 0.1) is 0 Å². The number of rotatable bonds is 4. The Balaban J connectivity index is 2.08. The van der Waals surface area contributed by atoms with Crippen LogP contribution >= 0.6 is 11.5 Å². The van der Waals surface area contributed by atoms with Crippen LogP contribution in [0.2, 0.25) is 0 Å². The molecule has 0 saturated carbocycles. The molecule has 2 rings (SSSR count). The predicted octanol–water partition coefficient (Wildman–Crippen LogP) is 1.68. The minimum Gasteiger partial charge on any atom is -0.343 e. The van der Waals surface area contributed by atoms with E-state index in [4.69, 9.17) is 0 Å². The van der Waals surface area contributed by atoms with E-state index in [2.05, 4.69) is 33.4 Å². The van der Waals surface area contributed by atoms with Gasteiger partial charge in [0.15, 0.2) is 0 Å². The first kappa shape index (κ1) is 11.8. The summed E-state index contributed by atoms with van der Waals surface area (Å²) in [6.07, 6.45) is 3.46. The van der Waals surface area contributed by atoms with Crippen LogP contribution in [0.5, 0.6) is 0 Å². The number of hydrogen-bond donors (Lipinski definition) is 1. The second-order valence-electron chi connectivity index (χ2n) is 4.13. The van der Waals surface area contributed by atoms with Gasteiger partial charge in [0.2, 0.25) is 5.13 Å². The molecule has 1 unspecified atom stereocenters. The molecule has 0 bridgehead atoms. The van der Waals surface area contributed by atoms with Crippen LogP contribution in [0.3, 0.4) is 0 Å². The Hall–Kier alpha value is -0.680. The number of likely N-dealkylation sites (N-methyl/N-ethyl adjacent to an activating group) is 1. The van der Waals surface area contributed by atoms with Crippen molar-refractivity contribution in [3.05, 3.63) is 5.82 Å². The second kappa shape index (κ2) is 5.59. The zero-order valence-corrected chi connectivity index (χ0v) is 10.9. The van der Waals surface area contributed by atoms with E-state index in [0.717, 1.165) is 37.0 Å². The standard InChI is InChI=1S/C11H20N4S/c1-3-10-13-11(16-14-10)15(4-2)9-6-5-7-12-8-9/h9,12H,3-8H2,1-2H3. The lowest BCUT2D eigenvalue weighted by atomic mass is 10.1. The molecule has 5 heteroatoms. The smallest absolute Gasteiger partial charge is 0.205 e. The van der Waals surface area contributed by atoms with E-state index in [9.17, 15) is 0 Å². The van der Waals surface area contributed by atoms with E-state index in [0.29, 0.717) is 6.04 Å². The molecule has 0 aliphatic carbocycles. The second-order valence-corrected chi connectivity index (χ2v) is 4.86. The fourth-order valence-corrected chi connectivity index (χ4v) is 3.04. The number of piperidine rings is 1. The van der Waals surface area contributed by atoms with E-state index in [1.165, 1.54) is 24.4 Å². The van der Waals surface area contributed by atoms with Gasteiger partial charge in [-0.15, -0.1) is 0 Å². The molecule has 16 heavy (non-hydrogen) atoms. The predicted molar refractivity (Wildman–Crippen MR) is 68.2 cm³/mol. The monoisotopic (exact) mass is 240 g/mol. The highest BCUT2D eigenvalue weighted by atomic mass is 32.1. The van der Waals surface area contributed by atoms with Crippen LogP contribution in [0.4, 0.5) is 5.13 Å². The summed E-state index contributed by atoms with van der Waals surface area (Å²) in [7, 11) is 0. The average Bonchev–Trinajstić information content (AvgIpc) is 2.80. The van der Waals surface area contributed by atoms with Crippen molar-refractivity contribution >= 4 is 16.7 Å². The Bertz CT molecular complexity index is 320. The molecule has 1 aliphatic rings.